The van der Waals surface area contributed by atoms with Gasteiger partial charge in [0.1, 0.15) is 5.76 Å². The molecule has 1 N–H and O–H groups in total. The zero-order valence-electron chi connectivity index (χ0n) is 11.9. The highest BCUT2D eigenvalue weighted by atomic mass is 35.5. The molecule has 0 saturated carbocycles. The Bertz CT molecular complexity index is 653. The number of rotatable bonds is 3. The van der Waals surface area contributed by atoms with Gasteiger partial charge in [-0.1, -0.05) is 22.8 Å². The van der Waals surface area contributed by atoms with Crippen LogP contribution >= 0.6 is 11.6 Å². The van der Waals surface area contributed by atoms with Gasteiger partial charge in [0, 0.05) is 12.6 Å². The van der Waals surface area contributed by atoms with Crippen LogP contribution in [-0.4, -0.2) is 23.1 Å². The summed E-state index contributed by atoms with van der Waals surface area (Å²) in [5.74, 6) is -0.000610. The van der Waals surface area contributed by atoms with Crippen molar-refractivity contribution in [3.8, 4) is 0 Å². The summed E-state index contributed by atoms with van der Waals surface area (Å²) in [6.07, 6.45) is 0. The van der Waals surface area contributed by atoms with Gasteiger partial charge in [-0.3, -0.25) is 0 Å². The second-order valence-corrected chi connectivity index (χ2v) is 5.10. The molecule has 2 amide bonds. The van der Waals surface area contributed by atoms with E-state index in [4.69, 9.17) is 16.1 Å². The van der Waals surface area contributed by atoms with Crippen LogP contribution in [0.15, 0.2) is 22.7 Å². The zero-order chi connectivity index (χ0) is 15.6. The van der Waals surface area contributed by atoms with Crippen LogP contribution in [0.5, 0.6) is 0 Å². The quantitative estimate of drug-likeness (QED) is 0.939. The van der Waals surface area contributed by atoms with Gasteiger partial charge in [-0.05, 0) is 26.0 Å². The van der Waals surface area contributed by atoms with Crippen LogP contribution in [0, 0.1) is 19.7 Å². The zero-order valence-corrected chi connectivity index (χ0v) is 12.7. The number of aromatic nitrogens is 1. The van der Waals surface area contributed by atoms with E-state index in [-0.39, 0.29) is 10.7 Å². The van der Waals surface area contributed by atoms with Gasteiger partial charge in [-0.15, -0.1) is 0 Å². The number of nitrogens with zero attached hydrogens (tertiary/aromatic N) is 2. The maximum Gasteiger partial charge on any atom is 0.321 e. The van der Waals surface area contributed by atoms with E-state index in [0.29, 0.717) is 12.3 Å². The van der Waals surface area contributed by atoms with Gasteiger partial charge in [-0.25, -0.2) is 9.18 Å². The molecule has 0 atom stereocenters. The fraction of sp³-hybridized carbons (Fsp3) is 0.286. The first-order valence-electron chi connectivity index (χ1n) is 6.28. The molecule has 0 bridgehead atoms. The molecular weight excluding hydrogens is 297 g/mol. The van der Waals surface area contributed by atoms with E-state index >= 15 is 0 Å². The normalized spacial score (nSPS) is 10.5. The number of hydrogen-bond donors (Lipinski definition) is 1. The molecule has 5 nitrogen and oxygen atoms in total. The molecule has 7 heteroatoms. The highest BCUT2D eigenvalue weighted by Crippen LogP contribution is 2.22. The lowest BCUT2D eigenvalue weighted by Crippen LogP contribution is -2.31. The number of halogens is 2. The number of nitrogens with one attached hydrogen (secondary N) is 1. The molecule has 0 aliphatic heterocycles. The van der Waals surface area contributed by atoms with E-state index < -0.39 is 11.8 Å². The molecule has 2 rings (SSSR count). The molecule has 1 heterocycles. The first-order chi connectivity index (χ1) is 9.90. The number of anilines is 1. The van der Waals surface area contributed by atoms with Gasteiger partial charge in [0.15, 0.2) is 5.82 Å². The van der Waals surface area contributed by atoms with Crippen molar-refractivity contribution in [1.82, 2.24) is 10.1 Å². The van der Waals surface area contributed by atoms with Crippen LogP contribution < -0.4 is 5.32 Å². The standard InChI is InChI=1S/C14H15ClFN3O2/c1-8-10(9(2)21-18-8)7-19(3)14(20)17-12-6-4-5-11(15)13(12)16/h4-6H,7H2,1-3H3,(H,17,20). The summed E-state index contributed by atoms with van der Waals surface area (Å²) in [5, 5.41) is 6.27. The SMILES string of the molecule is Cc1noc(C)c1CN(C)C(=O)Nc1cccc(Cl)c1F. The van der Waals surface area contributed by atoms with Gasteiger partial charge < -0.3 is 14.7 Å². The van der Waals surface area contributed by atoms with Gasteiger partial charge in [0.25, 0.3) is 0 Å². The molecule has 0 saturated heterocycles. The topological polar surface area (TPSA) is 58.4 Å². The third-order valence-corrected chi connectivity index (χ3v) is 3.41. The summed E-state index contributed by atoms with van der Waals surface area (Å²) in [5.41, 5.74) is 1.60. The highest BCUT2D eigenvalue weighted by molar-refractivity contribution is 6.31. The monoisotopic (exact) mass is 311 g/mol. The Labute approximate surface area is 126 Å². The predicted octanol–water partition coefficient (Wildman–Crippen LogP) is 3.75. The smallest absolute Gasteiger partial charge is 0.321 e. The van der Waals surface area contributed by atoms with Crippen LogP contribution in [0.3, 0.4) is 0 Å². The molecule has 0 radical (unpaired) electrons. The largest absolute Gasteiger partial charge is 0.361 e. The Hall–Kier alpha value is -2.08. The van der Waals surface area contributed by atoms with E-state index in [1.807, 2.05) is 0 Å². The van der Waals surface area contributed by atoms with Gasteiger partial charge in [0.2, 0.25) is 0 Å². The maximum atomic E-state index is 13.7. The minimum atomic E-state index is -0.654. The summed E-state index contributed by atoms with van der Waals surface area (Å²) in [6.45, 7) is 3.89. The van der Waals surface area contributed by atoms with E-state index in [1.54, 1.807) is 27.0 Å². The van der Waals surface area contributed by atoms with Crippen molar-refractivity contribution < 1.29 is 13.7 Å². The van der Waals surface area contributed by atoms with Crippen molar-refractivity contribution >= 4 is 23.3 Å². The predicted molar refractivity (Wildman–Crippen MR) is 77.9 cm³/mol. The first kappa shape index (κ1) is 15.3. The molecular formula is C14H15ClFN3O2. The first-order valence-corrected chi connectivity index (χ1v) is 6.65. The summed E-state index contributed by atoms with van der Waals surface area (Å²) in [4.78, 5) is 13.5. The third kappa shape index (κ3) is 3.33. The second kappa shape index (κ2) is 6.13. The van der Waals surface area contributed by atoms with E-state index in [0.717, 1.165) is 11.3 Å². The molecule has 2 aromatic rings. The van der Waals surface area contributed by atoms with Crippen LogP contribution in [0.4, 0.5) is 14.9 Å². The molecule has 0 spiro atoms. The van der Waals surface area contributed by atoms with Crippen molar-refractivity contribution in [2.75, 3.05) is 12.4 Å². The van der Waals surface area contributed by atoms with Gasteiger partial charge >= 0.3 is 6.03 Å². The van der Waals surface area contributed by atoms with Gasteiger partial charge in [-0.2, -0.15) is 0 Å². The molecule has 112 valence electrons. The van der Waals surface area contributed by atoms with Crippen molar-refractivity contribution in [1.29, 1.82) is 0 Å². The Kier molecular flexibility index (Phi) is 4.47. The fourth-order valence-corrected chi connectivity index (χ4v) is 2.02. The molecule has 0 unspecified atom stereocenters. The van der Waals surface area contributed by atoms with E-state index in [1.165, 1.54) is 17.0 Å². The summed E-state index contributed by atoms with van der Waals surface area (Å²) < 4.78 is 18.8. The number of aryl methyl sites for hydroxylation is 2. The lowest BCUT2D eigenvalue weighted by atomic mass is 10.2. The molecule has 0 fully saturated rings. The second-order valence-electron chi connectivity index (χ2n) is 4.69. The number of hydrogen-bond acceptors (Lipinski definition) is 3. The molecule has 21 heavy (non-hydrogen) atoms. The average Bonchev–Trinajstić information content (AvgIpc) is 2.75. The Morgan fingerprint density at radius 2 is 2.19 bits per heavy atom. The van der Waals surface area contributed by atoms with Crippen LogP contribution in [-0.2, 0) is 6.54 Å². The van der Waals surface area contributed by atoms with Crippen molar-refractivity contribution in [2.24, 2.45) is 0 Å². The number of carbonyl (C=O) groups is 1. The Balaban J connectivity index is 2.08. The van der Waals surface area contributed by atoms with E-state index in [2.05, 4.69) is 10.5 Å². The third-order valence-electron chi connectivity index (χ3n) is 3.12. The van der Waals surface area contributed by atoms with Crippen LogP contribution in [0.2, 0.25) is 5.02 Å². The summed E-state index contributed by atoms with van der Waals surface area (Å²) in [6, 6.07) is 3.98. The number of urea groups is 1. The molecule has 1 aromatic carbocycles. The fourth-order valence-electron chi connectivity index (χ4n) is 1.85. The summed E-state index contributed by atoms with van der Waals surface area (Å²) in [7, 11) is 1.60. The number of amides is 2. The minimum Gasteiger partial charge on any atom is -0.361 e. The van der Waals surface area contributed by atoms with Crippen LogP contribution in [0.25, 0.3) is 0 Å². The van der Waals surface area contributed by atoms with Gasteiger partial charge in [0.05, 0.1) is 22.9 Å². The van der Waals surface area contributed by atoms with Crippen molar-refractivity contribution in [3.05, 3.63) is 46.1 Å². The summed E-state index contributed by atoms with van der Waals surface area (Å²) >= 11 is 5.67. The average molecular weight is 312 g/mol. The number of carbonyl (C=O) groups excluding carboxylic acids is 1. The molecule has 1 aromatic heterocycles. The highest BCUT2D eigenvalue weighted by Gasteiger charge is 2.17. The van der Waals surface area contributed by atoms with Crippen molar-refractivity contribution in [2.45, 2.75) is 20.4 Å². The molecule has 0 aliphatic rings. The minimum absolute atomic E-state index is 0.0399. The Morgan fingerprint density at radius 1 is 1.48 bits per heavy atom. The maximum absolute atomic E-state index is 13.7. The lowest BCUT2D eigenvalue weighted by molar-refractivity contribution is 0.220. The molecule has 0 aliphatic carbocycles. The van der Waals surface area contributed by atoms with Crippen molar-refractivity contribution in [3.63, 3.8) is 0 Å². The van der Waals surface area contributed by atoms with Crippen LogP contribution in [0.1, 0.15) is 17.0 Å². The Morgan fingerprint density at radius 3 is 2.81 bits per heavy atom. The lowest BCUT2D eigenvalue weighted by Gasteiger charge is -2.18. The number of benzene rings is 1. The van der Waals surface area contributed by atoms with E-state index in [9.17, 15) is 9.18 Å².